The minimum absolute atomic E-state index is 0.218. The third kappa shape index (κ3) is 4.97. The van der Waals surface area contributed by atoms with Gasteiger partial charge in [-0.15, -0.1) is 0 Å². The highest BCUT2D eigenvalue weighted by Gasteiger charge is 2.04. The molecule has 0 heterocycles. The van der Waals surface area contributed by atoms with Crippen molar-refractivity contribution < 1.29 is 19.7 Å². The monoisotopic (exact) mass is 238 g/mol. The predicted molar refractivity (Wildman–Crippen MR) is 63.6 cm³/mol. The van der Waals surface area contributed by atoms with Crippen LogP contribution in [0, 0.1) is 0 Å². The van der Waals surface area contributed by atoms with Crippen molar-refractivity contribution in [2.24, 2.45) is 0 Å². The molecule has 4 heteroatoms. The summed E-state index contributed by atoms with van der Waals surface area (Å²) in [7, 11) is 1.38. The topological polar surface area (TPSA) is 66.8 Å². The fourth-order valence-corrected chi connectivity index (χ4v) is 1.53. The van der Waals surface area contributed by atoms with E-state index in [2.05, 4.69) is 4.74 Å². The number of esters is 1. The van der Waals surface area contributed by atoms with Crippen molar-refractivity contribution in [2.75, 3.05) is 13.7 Å². The molecule has 0 amide bonds. The third-order valence-corrected chi connectivity index (χ3v) is 2.55. The Kier molecular flexibility index (Phi) is 5.66. The Morgan fingerprint density at radius 1 is 1.29 bits per heavy atom. The fourth-order valence-electron chi connectivity index (χ4n) is 1.53. The number of carbonyl (C=O) groups is 1. The Bertz CT molecular complexity index is 345. The molecular weight excluding hydrogens is 220 g/mol. The van der Waals surface area contributed by atoms with Crippen LogP contribution in [0.5, 0.6) is 0 Å². The molecule has 1 rings (SSSR count). The van der Waals surface area contributed by atoms with Crippen molar-refractivity contribution in [3.05, 3.63) is 35.4 Å². The van der Waals surface area contributed by atoms with Crippen LogP contribution in [-0.4, -0.2) is 36.0 Å². The summed E-state index contributed by atoms with van der Waals surface area (Å²) in [5, 5.41) is 18.0. The molecule has 0 aliphatic heterocycles. The predicted octanol–water partition coefficient (Wildman–Crippen LogP) is 0.688. The summed E-state index contributed by atoms with van der Waals surface area (Å²) in [6.45, 7) is -0.232. The SMILES string of the molecule is COC(=O)CCc1ccc(C[C@H](O)CO)cc1. The van der Waals surface area contributed by atoms with Crippen molar-refractivity contribution in [3.63, 3.8) is 0 Å². The largest absolute Gasteiger partial charge is 0.469 e. The number of carbonyl (C=O) groups excluding carboxylic acids is 1. The van der Waals surface area contributed by atoms with Gasteiger partial charge in [0.05, 0.1) is 19.8 Å². The van der Waals surface area contributed by atoms with Crippen LogP contribution in [-0.2, 0) is 22.4 Å². The minimum atomic E-state index is -0.712. The lowest BCUT2D eigenvalue weighted by Crippen LogP contribution is -2.14. The average molecular weight is 238 g/mol. The molecular formula is C13H18O4. The molecule has 4 nitrogen and oxygen atoms in total. The van der Waals surface area contributed by atoms with Gasteiger partial charge in [0.15, 0.2) is 0 Å². The molecule has 0 bridgehead atoms. The first kappa shape index (κ1) is 13.7. The Balaban J connectivity index is 2.47. The fraction of sp³-hybridized carbons (Fsp3) is 0.462. The Morgan fingerprint density at radius 3 is 2.41 bits per heavy atom. The first-order chi connectivity index (χ1) is 8.15. The molecule has 0 saturated heterocycles. The maximum atomic E-state index is 11.0. The van der Waals surface area contributed by atoms with Gasteiger partial charge >= 0.3 is 5.97 Å². The molecule has 94 valence electrons. The first-order valence-corrected chi connectivity index (χ1v) is 5.59. The molecule has 2 N–H and O–H groups in total. The van der Waals surface area contributed by atoms with Gasteiger partial charge in [-0.1, -0.05) is 24.3 Å². The van der Waals surface area contributed by atoms with Gasteiger partial charge in [0.1, 0.15) is 0 Å². The maximum absolute atomic E-state index is 11.0. The summed E-state index contributed by atoms with van der Waals surface area (Å²) in [4.78, 5) is 11.0. The van der Waals surface area contributed by atoms with Gasteiger partial charge in [-0.2, -0.15) is 0 Å². The summed E-state index contributed by atoms with van der Waals surface area (Å²) in [6.07, 6.45) is 0.745. The number of ether oxygens (including phenoxy) is 1. The van der Waals surface area contributed by atoms with E-state index in [1.807, 2.05) is 24.3 Å². The molecule has 0 aromatic heterocycles. The lowest BCUT2D eigenvalue weighted by Gasteiger charge is -2.07. The van der Waals surface area contributed by atoms with Gasteiger partial charge < -0.3 is 14.9 Å². The summed E-state index contributed by atoms with van der Waals surface area (Å²) in [6, 6.07) is 7.63. The summed E-state index contributed by atoms with van der Waals surface area (Å²) in [5.74, 6) is -0.218. The number of hydrogen-bond donors (Lipinski definition) is 2. The van der Waals surface area contributed by atoms with Gasteiger partial charge in [0, 0.05) is 12.8 Å². The molecule has 0 spiro atoms. The lowest BCUT2D eigenvalue weighted by atomic mass is 10.0. The second-order valence-electron chi connectivity index (χ2n) is 3.93. The van der Waals surface area contributed by atoms with Gasteiger partial charge in [-0.25, -0.2) is 0 Å². The van der Waals surface area contributed by atoms with E-state index in [9.17, 15) is 9.90 Å². The number of aryl methyl sites for hydroxylation is 1. The van der Waals surface area contributed by atoms with Crippen LogP contribution in [0.15, 0.2) is 24.3 Å². The number of benzene rings is 1. The van der Waals surface area contributed by atoms with Gasteiger partial charge in [0.25, 0.3) is 0 Å². The number of aliphatic hydroxyl groups excluding tert-OH is 2. The summed E-state index contributed by atoms with van der Waals surface area (Å²) < 4.78 is 4.56. The molecule has 17 heavy (non-hydrogen) atoms. The standard InChI is InChI=1S/C13H18O4/c1-17-13(16)7-6-10-2-4-11(5-3-10)8-12(15)9-14/h2-5,12,14-15H,6-9H2,1H3/t12-/m0/s1. The Morgan fingerprint density at radius 2 is 1.88 bits per heavy atom. The molecule has 0 unspecified atom stereocenters. The normalized spacial score (nSPS) is 12.2. The third-order valence-electron chi connectivity index (χ3n) is 2.55. The number of aliphatic hydroxyl groups is 2. The quantitative estimate of drug-likeness (QED) is 0.715. The number of rotatable bonds is 6. The van der Waals surface area contributed by atoms with E-state index in [-0.39, 0.29) is 12.6 Å². The van der Waals surface area contributed by atoms with Crippen LogP contribution >= 0.6 is 0 Å². The van der Waals surface area contributed by atoms with Gasteiger partial charge in [-0.05, 0) is 17.5 Å². The lowest BCUT2D eigenvalue weighted by molar-refractivity contribution is -0.140. The molecule has 0 fully saturated rings. The molecule has 1 aromatic carbocycles. The highest BCUT2D eigenvalue weighted by Crippen LogP contribution is 2.09. The van der Waals surface area contributed by atoms with E-state index in [1.165, 1.54) is 7.11 Å². The molecule has 1 aromatic rings. The van der Waals surface area contributed by atoms with Crippen molar-refractivity contribution in [1.82, 2.24) is 0 Å². The smallest absolute Gasteiger partial charge is 0.305 e. The highest BCUT2D eigenvalue weighted by molar-refractivity contribution is 5.69. The Labute approximate surface area is 101 Å². The minimum Gasteiger partial charge on any atom is -0.469 e. The average Bonchev–Trinajstić information content (AvgIpc) is 2.37. The van der Waals surface area contributed by atoms with Crippen LogP contribution in [0.25, 0.3) is 0 Å². The molecule has 0 aliphatic carbocycles. The second kappa shape index (κ2) is 7.04. The zero-order chi connectivity index (χ0) is 12.7. The zero-order valence-corrected chi connectivity index (χ0v) is 9.93. The van der Waals surface area contributed by atoms with Gasteiger partial charge in [0.2, 0.25) is 0 Å². The summed E-state index contributed by atoms with van der Waals surface area (Å²) in [5.41, 5.74) is 2.02. The van der Waals surface area contributed by atoms with Crippen molar-refractivity contribution in [2.45, 2.75) is 25.4 Å². The van der Waals surface area contributed by atoms with E-state index in [4.69, 9.17) is 5.11 Å². The van der Waals surface area contributed by atoms with Gasteiger partial charge in [-0.3, -0.25) is 4.79 Å². The van der Waals surface area contributed by atoms with Crippen LogP contribution in [0.4, 0.5) is 0 Å². The van der Waals surface area contributed by atoms with Crippen LogP contribution in [0.3, 0.4) is 0 Å². The Hall–Kier alpha value is -1.39. The van der Waals surface area contributed by atoms with Crippen LogP contribution in [0.2, 0.25) is 0 Å². The van der Waals surface area contributed by atoms with Crippen molar-refractivity contribution in [1.29, 1.82) is 0 Å². The first-order valence-electron chi connectivity index (χ1n) is 5.59. The highest BCUT2D eigenvalue weighted by atomic mass is 16.5. The van der Waals surface area contributed by atoms with E-state index in [0.717, 1.165) is 11.1 Å². The van der Waals surface area contributed by atoms with E-state index in [0.29, 0.717) is 19.3 Å². The van der Waals surface area contributed by atoms with E-state index >= 15 is 0 Å². The maximum Gasteiger partial charge on any atom is 0.305 e. The van der Waals surface area contributed by atoms with Crippen LogP contribution in [0.1, 0.15) is 17.5 Å². The van der Waals surface area contributed by atoms with Crippen molar-refractivity contribution in [3.8, 4) is 0 Å². The molecule has 0 radical (unpaired) electrons. The molecule has 0 saturated carbocycles. The van der Waals surface area contributed by atoms with Crippen molar-refractivity contribution >= 4 is 5.97 Å². The van der Waals surface area contributed by atoms with Crippen LogP contribution < -0.4 is 0 Å². The molecule has 0 aliphatic rings. The number of methoxy groups -OCH3 is 1. The van der Waals surface area contributed by atoms with E-state index < -0.39 is 6.10 Å². The van der Waals surface area contributed by atoms with E-state index in [1.54, 1.807) is 0 Å². The number of hydrogen-bond acceptors (Lipinski definition) is 4. The summed E-state index contributed by atoms with van der Waals surface area (Å²) >= 11 is 0. The molecule has 1 atom stereocenters. The second-order valence-corrected chi connectivity index (χ2v) is 3.93. The zero-order valence-electron chi connectivity index (χ0n) is 9.93.